The van der Waals surface area contributed by atoms with Crippen molar-refractivity contribution in [3.63, 3.8) is 0 Å². The van der Waals surface area contributed by atoms with Crippen LogP contribution in [0, 0.1) is 11.3 Å². The monoisotopic (exact) mass is 318 g/mol. The number of hydrogen-bond acceptors (Lipinski definition) is 6. The Hall–Kier alpha value is -2.26. The highest BCUT2D eigenvalue weighted by molar-refractivity contribution is 7.10. The summed E-state index contributed by atoms with van der Waals surface area (Å²) in [7, 11) is 0. The third-order valence-electron chi connectivity index (χ3n) is 3.11. The molecule has 0 bridgehead atoms. The number of carbonyl (C=O) groups excluding carboxylic acids is 1. The molecule has 1 aliphatic heterocycles. The Kier molecular flexibility index (Phi) is 4.29. The first-order valence-corrected chi connectivity index (χ1v) is 7.70. The van der Waals surface area contributed by atoms with E-state index in [1.54, 1.807) is 27.7 Å². The highest BCUT2D eigenvalue weighted by atomic mass is 32.1. The summed E-state index contributed by atoms with van der Waals surface area (Å²) < 4.78 is 5.46. The molecule has 0 amide bonds. The minimum atomic E-state index is -0.639. The van der Waals surface area contributed by atoms with Crippen LogP contribution in [0.25, 0.3) is 0 Å². The topological polar surface area (TPSA) is 82.4 Å². The number of nitrogens with one attached hydrogen (secondary N) is 1. The molecular formula is C16H18N2O3S. The summed E-state index contributed by atoms with van der Waals surface area (Å²) in [5.74, 6) is -1.32. The number of aliphatic hydroxyl groups is 1. The molecule has 0 aliphatic carbocycles. The number of esters is 1. The van der Waals surface area contributed by atoms with Crippen LogP contribution in [-0.2, 0) is 9.53 Å². The first-order valence-electron chi connectivity index (χ1n) is 6.82. The molecule has 2 N–H and O–H groups in total. The fourth-order valence-corrected chi connectivity index (χ4v) is 3.11. The number of nitrogens with zero attached hydrogens (tertiary/aromatic N) is 1. The summed E-state index contributed by atoms with van der Waals surface area (Å²) in [5, 5.41) is 23.9. The van der Waals surface area contributed by atoms with Crippen molar-refractivity contribution in [2.45, 2.75) is 39.2 Å². The molecule has 5 nitrogen and oxygen atoms in total. The summed E-state index contributed by atoms with van der Waals surface area (Å²) >= 11 is 1.43. The number of ether oxygens (including phenoxy) is 1. The number of allylic oxidation sites excluding steroid dienone is 2. The quantitative estimate of drug-likeness (QED) is 0.817. The van der Waals surface area contributed by atoms with E-state index in [1.807, 2.05) is 23.6 Å². The Morgan fingerprint density at radius 2 is 2.18 bits per heavy atom. The number of nitriles is 1. The second-order valence-corrected chi connectivity index (χ2v) is 6.97. The summed E-state index contributed by atoms with van der Waals surface area (Å²) in [5.41, 5.74) is 0.324. The Balaban J connectivity index is 2.52. The van der Waals surface area contributed by atoms with Crippen LogP contribution < -0.4 is 5.32 Å². The average Bonchev–Trinajstić information content (AvgIpc) is 2.88. The Labute approximate surface area is 133 Å². The minimum absolute atomic E-state index is 0.119. The molecule has 0 saturated carbocycles. The van der Waals surface area contributed by atoms with Crippen LogP contribution in [0.5, 0.6) is 0 Å². The summed E-state index contributed by atoms with van der Waals surface area (Å²) in [6.07, 6.45) is 0. The van der Waals surface area contributed by atoms with Crippen LogP contribution in [0.15, 0.2) is 40.2 Å². The maximum absolute atomic E-state index is 12.6. The van der Waals surface area contributed by atoms with Crippen LogP contribution in [0.3, 0.4) is 0 Å². The summed E-state index contributed by atoms with van der Waals surface area (Å²) in [6, 6.07) is 5.67. The van der Waals surface area contributed by atoms with Crippen molar-refractivity contribution >= 4 is 17.3 Å². The van der Waals surface area contributed by atoms with Crippen molar-refractivity contribution in [3.05, 3.63) is 45.1 Å². The molecule has 2 heterocycles. The van der Waals surface area contributed by atoms with E-state index >= 15 is 0 Å². The van der Waals surface area contributed by atoms with Gasteiger partial charge in [-0.1, -0.05) is 6.07 Å². The van der Waals surface area contributed by atoms with Crippen LogP contribution in [0.1, 0.15) is 38.5 Å². The van der Waals surface area contributed by atoms with Crippen molar-refractivity contribution in [1.29, 1.82) is 5.26 Å². The second-order valence-electron chi connectivity index (χ2n) is 5.99. The van der Waals surface area contributed by atoms with Crippen LogP contribution >= 0.6 is 11.3 Å². The second kappa shape index (κ2) is 5.85. The molecule has 0 saturated heterocycles. The van der Waals surface area contributed by atoms with Crippen molar-refractivity contribution in [3.8, 4) is 6.07 Å². The van der Waals surface area contributed by atoms with Gasteiger partial charge in [-0.2, -0.15) is 5.26 Å². The molecule has 1 unspecified atom stereocenters. The normalized spacial score (nSPS) is 18.8. The fraction of sp³-hybridized carbons (Fsp3) is 0.375. The molecule has 0 radical (unpaired) electrons. The van der Waals surface area contributed by atoms with Gasteiger partial charge in [0, 0.05) is 10.6 Å². The van der Waals surface area contributed by atoms with Crippen molar-refractivity contribution in [2.75, 3.05) is 0 Å². The van der Waals surface area contributed by atoms with Gasteiger partial charge in [-0.25, -0.2) is 4.79 Å². The Morgan fingerprint density at radius 3 is 2.68 bits per heavy atom. The lowest BCUT2D eigenvalue weighted by molar-refractivity contribution is -0.150. The van der Waals surface area contributed by atoms with Crippen molar-refractivity contribution in [1.82, 2.24) is 5.32 Å². The zero-order valence-corrected chi connectivity index (χ0v) is 13.7. The lowest BCUT2D eigenvalue weighted by Gasteiger charge is -2.28. The Bertz CT molecular complexity index is 688. The first-order chi connectivity index (χ1) is 10.2. The fourth-order valence-electron chi connectivity index (χ4n) is 2.27. The van der Waals surface area contributed by atoms with Gasteiger partial charge < -0.3 is 15.2 Å². The average molecular weight is 318 g/mol. The molecule has 116 valence electrons. The van der Waals surface area contributed by atoms with E-state index in [1.165, 1.54) is 11.3 Å². The molecule has 1 aromatic heterocycles. The molecule has 0 aromatic carbocycles. The van der Waals surface area contributed by atoms with Gasteiger partial charge in [0.15, 0.2) is 0 Å². The van der Waals surface area contributed by atoms with E-state index in [0.29, 0.717) is 11.3 Å². The maximum Gasteiger partial charge on any atom is 0.337 e. The first kappa shape index (κ1) is 16.1. The summed E-state index contributed by atoms with van der Waals surface area (Å²) in [6.45, 7) is 7.05. The number of rotatable bonds is 2. The van der Waals surface area contributed by atoms with Gasteiger partial charge in [0.2, 0.25) is 5.88 Å². The number of dihydropyridines is 1. The maximum atomic E-state index is 12.6. The van der Waals surface area contributed by atoms with Crippen LogP contribution in [0.2, 0.25) is 0 Å². The van der Waals surface area contributed by atoms with Crippen molar-refractivity contribution < 1.29 is 14.6 Å². The van der Waals surface area contributed by atoms with E-state index in [9.17, 15) is 15.2 Å². The smallest absolute Gasteiger partial charge is 0.337 e. The highest BCUT2D eigenvalue weighted by Crippen LogP contribution is 2.40. The molecule has 1 atom stereocenters. The third kappa shape index (κ3) is 3.15. The van der Waals surface area contributed by atoms with Crippen LogP contribution in [0.4, 0.5) is 0 Å². The van der Waals surface area contributed by atoms with Gasteiger partial charge in [0.1, 0.15) is 17.2 Å². The van der Waals surface area contributed by atoms with E-state index in [4.69, 9.17) is 4.74 Å². The summed E-state index contributed by atoms with van der Waals surface area (Å²) in [4.78, 5) is 13.4. The van der Waals surface area contributed by atoms with E-state index in [2.05, 4.69) is 5.32 Å². The minimum Gasteiger partial charge on any atom is -0.494 e. The lowest BCUT2D eigenvalue weighted by atomic mass is 9.86. The number of carbonyl (C=O) groups is 1. The molecule has 22 heavy (non-hydrogen) atoms. The van der Waals surface area contributed by atoms with E-state index in [-0.39, 0.29) is 11.5 Å². The van der Waals surface area contributed by atoms with Crippen molar-refractivity contribution in [2.24, 2.45) is 0 Å². The zero-order chi connectivity index (χ0) is 16.5. The zero-order valence-electron chi connectivity index (χ0n) is 12.9. The third-order valence-corrected chi connectivity index (χ3v) is 4.05. The Morgan fingerprint density at radius 1 is 1.50 bits per heavy atom. The van der Waals surface area contributed by atoms with Gasteiger partial charge in [0.25, 0.3) is 0 Å². The molecule has 0 spiro atoms. The van der Waals surface area contributed by atoms with Gasteiger partial charge in [0.05, 0.1) is 11.5 Å². The largest absolute Gasteiger partial charge is 0.494 e. The molecule has 2 rings (SSSR count). The van der Waals surface area contributed by atoms with Gasteiger partial charge in [-0.05, 0) is 39.1 Å². The molecule has 1 aliphatic rings. The predicted octanol–water partition coefficient (Wildman–Crippen LogP) is 3.34. The highest BCUT2D eigenvalue weighted by Gasteiger charge is 2.37. The number of thiophene rings is 1. The predicted molar refractivity (Wildman–Crippen MR) is 84.0 cm³/mol. The SMILES string of the molecule is CC1=C(C(=O)OC(C)(C)C)C(c2cccs2)C(C#N)=C(O)N1. The standard InChI is InChI=1S/C16H18N2O3S/c1-9-12(15(20)21-16(2,3)4)13(11-6-5-7-22-11)10(8-17)14(19)18-9/h5-7,13,18-19H,1-4H3. The molecule has 0 fully saturated rings. The van der Waals surface area contributed by atoms with E-state index < -0.39 is 17.5 Å². The lowest BCUT2D eigenvalue weighted by Crippen LogP contribution is -2.32. The molecule has 6 heteroatoms. The van der Waals surface area contributed by atoms with E-state index in [0.717, 1.165) is 4.88 Å². The number of aliphatic hydroxyl groups excluding tert-OH is 1. The van der Waals surface area contributed by atoms with Crippen LogP contribution in [-0.4, -0.2) is 16.7 Å². The van der Waals surface area contributed by atoms with Gasteiger partial charge in [-0.15, -0.1) is 11.3 Å². The van der Waals surface area contributed by atoms with Gasteiger partial charge >= 0.3 is 5.97 Å². The number of hydrogen-bond donors (Lipinski definition) is 2. The molecular weight excluding hydrogens is 300 g/mol. The molecule has 1 aromatic rings. The van der Waals surface area contributed by atoms with Gasteiger partial charge in [-0.3, -0.25) is 0 Å².